The SMILES string of the molecule is Cc1cc2c(N3CC4CCC(C3)N4C(=O)OC(C)(C)C)nc(OC[C@@]34CCCN3C[C@H](F)C4)nc2c(F)c1-c1ccc(F)c2sc(N=CN(C)C)c(C#N)c12. The first-order chi connectivity index (χ1) is 26.2. The maximum absolute atomic E-state index is 17.5. The van der Waals surface area contributed by atoms with Gasteiger partial charge in [-0.3, -0.25) is 9.80 Å². The lowest BCUT2D eigenvalue weighted by molar-refractivity contribution is 0.0122. The first kappa shape index (κ1) is 37.3. The topological polar surface area (TPSA) is 110 Å². The minimum Gasteiger partial charge on any atom is -0.461 e. The summed E-state index contributed by atoms with van der Waals surface area (Å²) in [7, 11) is 3.58. The van der Waals surface area contributed by atoms with E-state index in [-0.39, 0.29) is 57.5 Å². The van der Waals surface area contributed by atoms with Crippen LogP contribution in [0.3, 0.4) is 0 Å². The molecule has 0 spiro atoms. The third-order valence-corrected chi connectivity index (χ3v) is 12.4. The first-order valence-electron chi connectivity index (χ1n) is 18.8. The van der Waals surface area contributed by atoms with E-state index >= 15 is 8.78 Å². The van der Waals surface area contributed by atoms with Crippen molar-refractivity contribution < 1.29 is 27.4 Å². The summed E-state index contributed by atoms with van der Waals surface area (Å²) < 4.78 is 59.8. The zero-order chi connectivity index (χ0) is 39.0. The molecule has 0 aliphatic carbocycles. The monoisotopic (exact) mass is 774 g/mol. The molecule has 4 aliphatic rings. The molecule has 0 N–H and O–H groups in total. The predicted octanol–water partition coefficient (Wildman–Crippen LogP) is 7.73. The molecule has 4 fully saturated rings. The number of benzene rings is 2. The number of halogens is 3. The number of alkyl halides is 1. The number of aryl methyl sites for hydroxylation is 1. The molecule has 2 unspecified atom stereocenters. The normalized spacial score (nSPS) is 24.0. The Morgan fingerprint density at radius 1 is 1.18 bits per heavy atom. The third-order valence-electron chi connectivity index (χ3n) is 11.3. The van der Waals surface area contributed by atoms with Crippen LogP contribution in [0.15, 0.2) is 23.2 Å². The Balaban J connectivity index is 1.25. The maximum atomic E-state index is 17.5. The highest BCUT2D eigenvalue weighted by atomic mass is 32.1. The van der Waals surface area contributed by atoms with Gasteiger partial charge in [0.2, 0.25) is 0 Å². The molecule has 55 heavy (non-hydrogen) atoms. The van der Waals surface area contributed by atoms with Crippen molar-refractivity contribution in [1.82, 2.24) is 24.7 Å². The zero-order valence-electron chi connectivity index (χ0n) is 32.0. The van der Waals surface area contributed by atoms with Crippen LogP contribution in [0.1, 0.15) is 64.0 Å². The fourth-order valence-corrected chi connectivity index (χ4v) is 10.0. The fraction of sp³-hybridized carbons (Fsp3) is 0.525. The van der Waals surface area contributed by atoms with Crippen LogP contribution in [0.5, 0.6) is 6.01 Å². The summed E-state index contributed by atoms with van der Waals surface area (Å²) in [5.74, 6) is -0.721. The van der Waals surface area contributed by atoms with Crippen molar-refractivity contribution in [3.63, 3.8) is 0 Å². The number of nitrogens with zero attached hydrogens (tertiary/aromatic N) is 8. The van der Waals surface area contributed by atoms with Crippen molar-refractivity contribution in [2.24, 2.45) is 4.99 Å². The number of piperazine rings is 1. The summed E-state index contributed by atoms with van der Waals surface area (Å²) >= 11 is 1.04. The quantitative estimate of drug-likeness (QED) is 0.138. The van der Waals surface area contributed by atoms with E-state index in [0.717, 1.165) is 43.6 Å². The molecule has 1 amide bonds. The van der Waals surface area contributed by atoms with Gasteiger partial charge in [-0.2, -0.15) is 15.2 Å². The fourth-order valence-electron chi connectivity index (χ4n) is 9.02. The van der Waals surface area contributed by atoms with E-state index in [1.165, 1.54) is 18.5 Å². The van der Waals surface area contributed by atoms with Crippen LogP contribution in [-0.4, -0.2) is 113 Å². The van der Waals surface area contributed by atoms with Gasteiger partial charge < -0.3 is 19.3 Å². The van der Waals surface area contributed by atoms with Crippen molar-refractivity contribution in [2.75, 3.05) is 51.8 Å². The van der Waals surface area contributed by atoms with Crippen LogP contribution >= 0.6 is 11.3 Å². The lowest BCUT2D eigenvalue weighted by atomic mass is 9.93. The van der Waals surface area contributed by atoms with Crippen LogP contribution in [-0.2, 0) is 4.74 Å². The molecule has 0 saturated carbocycles. The van der Waals surface area contributed by atoms with E-state index < -0.39 is 28.9 Å². The van der Waals surface area contributed by atoms with Crippen LogP contribution < -0.4 is 9.64 Å². The maximum Gasteiger partial charge on any atom is 0.410 e. The minimum absolute atomic E-state index is 0.00940. The van der Waals surface area contributed by atoms with E-state index in [4.69, 9.17) is 14.5 Å². The highest BCUT2D eigenvalue weighted by Crippen LogP contribution is 2.47. The molecule has 8 rings (SSSR count). The van der Waals surface area contributed by atoms with E-state index in [1.807, 2.05) is 31.7 Å². The Morgan fingerprint density at radius 3 is 2.62 bits per heavy atom. The van der Waals surface area contributed by atoms with E-state index in [2.05, 4.69) is 25.8 Å². The Hall–Kier alpha value is -4.68. The Kier molecular flexibility index (Phi) is 9.35. The molecule has 4 aromatic rings. The second-order valence-corrected chi connectivity index (χ2v) is 17.6. The van der Waals surface area contributed by atoms with Gasteiger partial charge in [0.15, 0.2) is 5.82 Å². The van der Waals surface area contributed by atoms with Crippen molar-refractivity contribution in [3.05, 3.63) is 41.0 Å². The number of carbonyl (C=O) groups excluding carboxylic acids is 1. The number of thiophene rings is 1. The molecule has 4 aliphatic heterocycles. The number of ether oxygens (including phenoxy) is 2. The van der Waals surface area contributed by atoms with Crippen LogP contribution in [0.2, 0.25) is 0 Å². The van der Waals surface area contributed by atoms with Crippen LogP contribution in [0.4, 0.5) is 28.8 Å². The summed E-state index contributed by atoms with van der Waals surface area (Å²) in [5, 5.41) is 11.4. The van der Waals surface area contributed by atoms with E-state index in [0.29, 0.717) is 53.4 Å². The van der Waals surface area contributed by atoms with Crippen molar-refractivity contribution in [2.45, 2.75) is 89.2 Å². The van der Waals surface area contributed by atoms with Gasteiger partial charge in [0.05, 0.1) is 34.2 Å². The van der Waals surface area contributed by atoms with E-state index in [9.17, 15) is 14.4 Å². The number of aromatic nitrogens is 2. The molecule has 4 atom stereocenters. The van der Waals surface area contributed by atoms with Gasteiger partial charge in [-0.05, 0) is 83.2 Å². The van der Waals surface area contributed by atoms with E-state index in [1.54, 1.807) is 25.9 Å². The number of aliphatic imine (C=N–C) groups is 1. The summed E-state index contributed by atoms with van der Waals surface area (Å²) in [6.45, 7) is 9.51. The lowest BCUT2D eigenvalue weighted by Crippen LogP contribution is -2.57. The number of hydrogen-bond donors (Lipinski definition) is 0. The number of anilines is 1. The molecule has 2 aromatic heterocycles. The van der Waals surface area contributed by atoms with Gasteiger partial charge in [0.25, 0.3) is 0 Å². The summed E-state index contributed by atoms with van der Waals surface area (Å²) in [4.78, 5) is 35.1. The number of rotatable bonds is 7. The Labute approximate surface area is 322 Å². The third kappa shape index (κ3) is 6.60. The largest absolute Gasteiger partial charge is 0.461 e. The van der Waals surface area contributed by atoms with Crippen LogP contribution in [0.25, 0.3) is 32.1 Å². The highest BCUT2D eigenvalue weighted by Gasteiger charge is 2.50. The lowest BCUT2D eigenvalue weighted by Gasteiger charge is -2.42. The van der Waals surface area contributed by atoms with Crippen molar-refractivity contribution in [3.8, 4) is 23.2 Å². The minimum atomic E-state index is -0.950. The highest BCUT2D eigenvalue weighted by molar-refractivity contribution is 7.23. The van der Waals surface area contributed by atoms with Gasteiger partial charge in [0.1, 0.15) is 46.6 Å². The van der Waals surface area contributed by atoms with Gasteiger partial charge in [-0.25, -0.2) is 23.0 Å². The average molecular weight is 775 g/mol. The first-order valence-corrected chi connectivity index (χ1v) is 19.6. The average Bonchev–Trinajstić information content (AvgIpc) is 3.84. The van der Waals surface area contributed by atoms with Crippen molar-refractivity contribution in [1.29, 1.82) is 5.26 Å². The molecular formula is C40H45F3N8O3S. The second-order valence-electron chi connectivity index (χ2n) is 16.6. The molecule has 0 radical (unpaired) electrons. The molecule has 2 aromatic carbocycles. The Bertz CT molecular complexity index is 2250. The Morgan fingerprint density at radius 2 is 1.93 bits per heavy atom. The number of nitriles is 1. The number of fused-ring (bicyclic) bond motifs is 5. The number of carbonyl (C=O) groups is 1. The second kappa shape index (κ2) is 13.8. The number of amides is 1. The van der Waals surface area contributed by atoms with Gasteiger partial charge in [0, 0.05) is 56.5 Å². The summed E-state index contributed by atoms with van der Waals surface area (Å²) in [5.41, 5.74) is 0.110. The van der Waals surface area contributed by atoms with Gasteiger partial charge >= 0.3 is 12.1 Å². The van der Waals surface area contributed by atoms with Crippen LogP contribution in [0, 0.1) is 29.9 Å². The molecule has 15 heteroatoms. The zero-order valence-corrected chi connectivity index (χ0v) is 32.8. The number of hydrogen-bond acceptors (Lipinski definition) is 10. The van der Waals surface area contributed by atoms with Gasteiger partial charge in [-0.1, -0.05) is 6.07 Å². The van der Waals surface area contributed by atoms with Gasteiger partial charge in [-0.15, -0.1) is 11.3 Å². The molecule has 4 saturated heterocycles. The summed E-state index contributed by atoms with van der Waals surface area (Å²) in [6.07, 6.45) is 3.88. The predicted molar refractivity (Wildman–Crippen MR) is 207 cm³/mol. The summed E-state index contributed by atoms with van der Waals surface area (Å²) in [6, 6.07) is 6.49. The van der Waals surface area contributed by atoms with Crippen molar-refractivity contribution >= 4 is 55.6 Å². The molecule has 6 heterocycles. The molecular weight excluding hydrogens is 730 g/mol. The smallest absolute Gasteiger partial charge is 0.410 e. The molecule has 290 valence electrons. The standard InChI is InChI=1S/C40H45F3N8O3S/c1-22-14-27-33(32(43)30(22)26-10-11-29(42)34-31(26)28(16-44)36(55-34)45-21-48(5)6)46-37(53-20-40-12-7-13-50(40)17-23(41)15-40)47-35(27)49-18-24-8-9-25(19-49)51(24)38(52)54-39(2,3)4/h10-11,14,21,23-25H,7-9,12-13,15,17-20H2,1-6H3/t23-,24?,25?,40+/m1/s1. The molecule has 11 nitrogen and oxygen atoms in total. The molecule has 2 bridgehead atoms.